The quantitative estimate of drug-likeness (QED) is 0.621. The van der Waals surface area contributed by atoms with Crippen LogP contribution in [0.15, 0.2) is 49.2 Å². The van der Waals surface area contributed by atoms with Crippen LogP contribution in [0.3, 0.4) is 0 Å². The fraction of sp³-hybridized carbons (Fsp3) is 0.250. The molecular formula is C16H18N2O2. The number of carbonyl (C=O) groups is 1. The molecule has 1 amide bonds. The van der Waals surface area contributed by atoms with Gasteiger partial charge in [-0.1, -0.05) is 24.8 Å². The summed E-state index contributed by atoms with van der Waals surface area (Å²) in [6.45, 7) is 4.65. The molecule has 104 valence electrons. The van der Waals surface area contributed by atoms with E-state index >= 15 is 0 Å². The number of hydrogen-bond donors (Lipinski definition) is 1. The molecule has 20 heavy (non-hydrogen) atoms. The average Bonchev–Trinajstić information content (AvgIpc) is 2.50. The Morgan fingerprint density at radius 1 is 1.30 bits per heavy atom. The van der Waals surface area contributed by atoms with Crippen LogP contribution in [0.5, 0.6) is 5.75 Å². The van der Waals surface area contributed by atoms with Gasteiger partial charge in [0.25, 0.3) is 0 Å². The minimum Gasteiger partial charge on any atom is -0.491 e. The number of pyridine rings is 1. The van der Waals surface area contributed by atoms with Gasteiger partial charge in [-0.05, 0) is 31.1 Å². The van der Waals surface area contributed by atoms with E-state index in [0.29, 0.717) is 13.2 Å². The molecular weight excluding hydrogens is 252 g/mol. The number of aromatic nitrogens is 1. The maximum absolute atomic E-state index is 10.9. The summed E-state index contributed by atoms with van der Waals surface area (Å²) in [5.74, 6) is 0.669. The second kappa shape index (κ2) is 7.28. The number of nitrogens with one attached hydrogen (secondary N) is 1. The highest BCUT2D eigenvalue weighted by Crippen LogP contribution is 2.22. The van der Waals surface area contributed by atoms with Gasteiger partial charge >= 0.3 is 0 Å². The second-order valence-electron chi connectivity index (χ2n) is 4.38. The van der Waals surface area contributed by atoms with Gasteiger partial charge in [0.1, 0.15) is 11.3 Å². The first kappa shape index (κ1) is 14.1. The van der Waals surface area contributed by atoms with Crippen molar-refractivity contribution in [1.82, 2.24) is 10.3 Å². The van der Waals surface area contributed by atoms with Gasteiger partial charge in [0, 0.05) is 18.1 Å². The number of rotatable bonds is 7. The monoisotopic (exact) mass is 270 g/mol. The molecule has 0 aliphatic heterocycles. The Bertz CT molecular complexity index is 591. The lowest BCUT2D eigenvalue weighted by Gasteiger charge is -2.08. The molecule has 2 aromatic rings. The zero-order chi connectivity index (χ0) is 14.2. The van der Waals surface area contributed by atoms with Crippen molar-refractivity contribution in [2.24, 2.45) is 0 Å². The fourth-order valence-electron chi connectivity index (χ4n) is 1.89. The van der Waals surface area contributed by atoms with Crippen LogP contribution >= 0.6 is 0 Å². The molecule has 0 radical (unpaired) electrons. The van der Waals surface area contributed by atoms with E-state index in [2.05, 4.69) is 16.9 Å². The highest BCUT2D eigenvalue weighted by Gasteiger charge is 2.02. The van der Waals surface area contributed by atoms with Crippen molar-refractivity contribution < 1.29 is 9.53 Å². The first-order valence-electron chi connectivity index (χ1n) is 6.68. The Balaban J connectivity index is 1.79. The molecule has 0 saturated carbocycles. The van der Waals surface area contributed by atoms with Crippen LogP contribution in [0.2, 0.25) is 0 Å². The second-order valence-corrected chi connectivity index (χ2v) is 4.38. The average molecular weight is 270 g/mol. The van der Waals surface area contributed by atoms with Crippen molar-refractivity contribution in [3.05, 3.63) is 49.2 Å². The van der Waals surface area contributed by atoms with Crippen molar-refractivity contribution in [3.8, 4) is 5.75 Å². The van der Waals surface area contributed by atoms with E-state index in [4.69, 9.17) is 4.74 Å². The summed E-state index contributed by atoms with van der Waals surface area (Å²) >= 11 is 0. The smallest absolute Gasteiger partial charge is 0.243 e. The topological polar surface area (TPSA) is 51.2 Å². The van der Waals surface area contributed by atoms with E-state index in [9.17, 15) is 4.79 Å². The Morgan fingerprint density at radius 3 is 3.00 bits per heavy atom. The molecule has 1 aromatic carbocycles. The summed E-state index contributed by atoms with van der Waals surface area (Å²) in [5, 5.41) is 3.81. The number of fused-ring (bicyclic) bond motifs is 1. The van der Waals surface area contributed by atoms with Crippen LogP contribution < -0.4 is 10.1 Å². The van der Waals surface area contributed by atoms with Gasteiger partial charge in [0.15, 0.2) is 0 Å². The van der Waals surface area contributed by atoms with Crippen molar-refractivity contribution in [2.45, 2.75) is 12.8 Å². The van der Waals surface area contributed by atoms with E-state index < -0.39 is 0 Å². The predicted molar refractivity (Wildman–Crippen MR) is 79.7 cm³/mol. The molecule has 0 unspecified atom stereocenters. The van der Waals surface area contributed by atoms with Crippen LogP contribution in [-0.2, 0) is 4.79 Å². The minimum atomic E-state index is -0.135. The third-order valence-electron chi connectivity index (χ3n) is 2.91. The number of amides is 1. The van der Waals surface area contributed by atoms with Gasteiger partial charge in [-0.2, -0.15) is 0 Å². The Labute approximate surface area is 118 Å². The number of para-hydroxylation sites is 1. The molecule has 0 atom stereocenters. The maximum atomic E-state index is 10.9. The third-order valence-corrected chi connectivity index (χ3v) is 2.91. The van der Waals surface area contributed by atoms with E-state index in [0.717, 1.165) is 29.5 Å². The molecule has 4 nitrogen and oxygen atoms in total. The summed E-state index contributed by atoms with van der Waals surface area (Å²) in [6, 6.07) is 9.83. The summed E-state index contributed by atoms with van der Waals surface area (Å²) in [4.78, 5) is 15.3. The van der Waals surface area contributed by atoms with Crippen molar-refractivity contribution in [2.75, 3.05) is 13.2 Å². The Kier molecular flexibility index (Phi) is 5.12. The fourth-order valence-corrected chi connectivity index (χ4v) is 1.89. The number of unbranched alkanes of at least 4 members (excludes halogenated alkanes) is 1. The van der Waals surface area contributed by atoms with Crippen LogP contribution in [0.25, 0.3) is 10.9 Å². The van der Waals surface area contributed by atoms with E-state index in [1.54, 1.807) is 6.20 Å². The predicted octanol–water partition coefficient (Wildman–Crippen LogP) is 2.70. The third kappa shape index (κ3) is 3.82. The molecule has 2 rings (SSSR count). The summed E-state index contributed by atoms with van der Waals surface area (Å²) in [7, 11) is 0. The van der Waals surface area contributed by atoms with Gasteiger partial charge in [0.05, 0.1) is 6.61 Å². The van der Waals surface area contributed by atoms with Crippen molar-refractivity contribution in [1.29, 1.82) is 0 Å². The number of nitrogens with zero attached hydrogens (tertiary/aromatic N) is 1. The number of ether oxygens (including phenoxy) is 1. The van der Waals surface area contributed by atoms with Crippen LogP contribution in [-0.4, -0.2) is 24.0 Å². The van der Waals surface area contributed by atoms with E-state index in [1.807, 2.05) is 30.3 Å². The first-order valence-corrected chi connectivity index (χ1v) is 6.68. The molecule has 0 fully saturated rings. The lowest BCUT2D eigenvalue weighted by molar-refractivity contribution is -0.116. The van der Waals surface area contributed by atoms with Gasteiger partial charge in [-0.15, -0.1) is 0 Å². The summed E-state index contributed by atoms with van der Waals surface area (Å²) < 4.78 is 5.76. The molecule has 0 saturated heterocycles. The van der Waals surface area contributed by atoms with Gasteiger partial charge < -0.3 is 10.1 Å². The maximum Gasteiger partial charge on any atom is 0.243 e. The molecule has 0 aliphatic rings. The van der Waals surface area contributed by atoms with E-state index in [1.165, 1.54) is 6.08 Å². The SMILES string of the molecule is C=CC(=O)NCCCCOc1cccc2cccnc12. The molecule has 1 aromatic heterocycles. The number of carbonyl (C=O) groups excluding carboxylic acids is 1. The largest absolute Gasteiger partial charge is 0.491 e. The number of hydrogen-bond acceptors (Lipinski definition) is 3. The zero-order valence-corrected chi connectivity index (χ0v) is 11.3. The van der Waals surface area contributed by atoms with Crippen LogP contribution in [0, 0.1) is 0 Å². The molecule has 4 heteroatoms. The zero-order valence-electron chi connectivity index (χ0n) is 11.3. The molecule has 1 heterocycles. The van der Waals surface area contributed by atoms with Crippen LogP contribution in [0.4, 0.5) is 0 Å². The highest BCUT2D eigenvalue weighted by molar-refractivity contribution is 5.86. The number of benzene rings is 1. The molecule has 0 aliphatic carbocycles. The lowest BCUT2D eigenvalue weighted by Crippen LogP contribution is -2.22. The Hall–Kier alpha value is -2.36. The van der Waals surface area contributed by atoms with Gasteiger partial charge in [0.2, 0.25) is 5.91 Å². The molecule has 1 N–H and O–H groups in total. The summed E-state index contributed by atoms with van der Waals surface area (Å²) in [5.41, 5.74) is 0.884. The standard InChI is InChI=1S/C16H18N2O2/c1-2-15(19)17-10-3-4-12-20-14-9-5-7-13-8-6-11-18-16(13)14/h2,5-9,11H,1,3-4,10,12H2,(H,17,19). The minimum absolute atomic E-state index is 0.135. The van der Waals surface area contributed by atoms with Crippen molar-refractivity contribution in [3.63, 3.8) is 0 Å². The summed E-state index contributed by atoms with van der Waals surface area (Å²) in [6.07, 6.45) is 4.79. The Morgan fingerprint density at radius 2 is 2.15 bits per heavy atom. The first-order chi connectivity index (χ1) is 9.81. The van der Waals surface area contributed by atoms with Gasteiger partial charge in [-0.3, -0.25) is 9.78 Å². The van der Waals surface area contributed by atoms with Crippen molar-refractivity contribution >= 4 is 16.8 Å². The van der Waals surface area contributed by atoms with Gasteiger partial charge in [-0.25, -0.2) is 0 Å². The highest BCUT2D eigenvalue weighted by atomic mass is 16.5. The van der Waals surface area contributed by atoms with E-state index in [-0.39, 0.29) is 5.91 Å². The normalized spacial score (nSPS) is 10.2. The lowest BCUT2D eigenvalue weighted by atomic mass is 10.2. The molecule has 0 spiro atoms. The van der Waals surface area contributed by atoms with Crippen LogP contribution in [0.1, 0.15) is 12.8 Å². The molecule has 0 bridgehead atoms.